The van der Waals surface area contributed by atoms with Crippen LogP contribution in [0.25, 0.3) is 0 Å². The van der Waals surface area contributed by atoms with Crippen molar-refractivity contribution < 1.29 is 19.0 Å². The standard InChI is InChI=1S/C14H21FO3/c1-10(2)9-17-6-7-18-12-4-5-13(11(3)16)14(15)8-12/h4-5,8,10-11,16H,6-7,9H2,1-3H3/t11-/m0/s1. The Kier molecular flexibility index (Phi) is 6.09. The molecule has 0 saturated heterocycles. The number of aliphatic hydroxyl groups is 1. The van der Waals surface area contributed by atoms with Gasteiger partial charge in [0.15, 0.2) is 0 Å². The summed E-state index contributed by atoms with van der Waals surface area (Å²) < 4.78 is 24.2. The first-order chi connectivity index (χ1) is 8.50. The molecule has 1 N–H and O–H groups in total. The number of halogens is 1. The van der Waals surface area contributed by atoms with Crippen LogP contribution < -0.4 is 4.74 Å². The molecule has 0 aromatic heterocycles. The fourth-order valence-corrected chi connectivity index (χ4v) is 1.47. The summed E-state index contributed by atoms with van der Waals surface area (Å²) in [5, 5.41) is 9.29. The summed E-state index contributed by atoms with van der Waals surface area (Å²) in [6.07, 6.45) is -0.812. The van der Waals surface area contributed by atoms with Gasteiger partial charge in [-0.15, -0.1) is 0 Å². The summed E-state index contributed by atoms with van der Waals surface area (Å²) in [6.45, 7) is 7.24. The van der Waals surface area contributed by atoms with Gasteiger partial charge in [0, 0.05) is 18.2 Å². The van der Waals surface area contributed by atoms with Crippen LogP contribution in [0, 0.1) is 11.7 Å². The summed E-state index contributed by atoms with van der Waals surface area (Å²) in [7, 11) is 0. The molecule has 1 aromatic carbocycles. The van der Waals surface area contributed by atoms with E-state index in [1.165, 1.54) is 19.1 Å². The van der Waals surface area contributed by atoms with E-state index in [1.54, 1.807) is 6.07 Å². The third kappa shape index (κ3) is 5.02. The average molecular weight is 256 g/mol. The first-order valence-corrected chi connectivity index (χ1v) is 6.18. The molecule has 0 fully saturated rings. The summed E-state index contributed by atoms with van der Waals surface area (Å²) >= 11 is 0. The van der Waals surface area contributed by atoms with Gasteiger partial charge in [-0.1, -0.05) is 13.8 Å². The van der Waals surface area contributed by atoms with Gasteiger partial charge in [0.25, 0.3) is 0 Å². The number of hydrogen-bond acceptors (Lipinski definition) is 3. The zero-order valence-corrected chi connectivity index (χ0v) is 11.1. The predicted molar refractivity (Wildman–Crippen MR) is 68.2 cm³/mol. The minimum absolute atomic E-state index is 0.276. The minimum atomic E-state index is -0.812. The van der Waals surface area contributed by atoms with Crippen LogP contribution in [0.1, 0.15) is 32.4 Å². The molecule has 0 aliphatic rings. The van der Waals surface area contributed by atoms with Crippen molar-refractivity contribution in [1.82, 2.24) is 0 Å². The third-order valence-electron chi connectivity index (χ3n) is 2.37. The molecule has 3 nitrogen and oxygen atoms in total. The normalized spacial score (nSPS) is 12.8. The van der Waals surface area contributed by atoms with E-state index in [4.69, 9.17) is 9.47 Å². The molecule has 1 rings (SSSR count). The Hall–Kier alpha value is -1.13. The van der Waals surface area contributed by atoms with Crippen molar-refractivity contribution in [3.05, 3.63) is 29.6 Å². The van der Waals surface area contributed by atoms with Gasteiger partial charge >= 0.3 is 0 Å². The molecule has 0 amide bonds. The Balaban J connectivity index is 2.37. The van der Waals surface area contributed by atoms with Gasteiger partial charge in [-0.3, -0.25) is 0 Å². The molecular weight excluding hydrogens is 235 g/mol. The van der Waals surface area contributed by atoms with Crippen molar-refractivity contribution in [3.8, 4) is 5.75 Å². The Morgan fingerprint density at radius 1 is 1.22 bits per heavy atom. The van der Waals surface area contributed by atoms with E-state index in [0.29, 0.717) is 31.5 Å². The van der Waals surface area contributed by atoms with Crippen LogP contribution in [-0.2, 0) is 4.74 Å². The Labute approximate surface area is 108 Å². The van der Waals surface area contributed by atoms with Crippen LogP contribution in [0.4, 0.5) is 4.39 Å². The maximum Gasteiger partial charge on any atom is 0.132 e. The molecule has 0 unspecified atom stereocenters. The molecule has 0 aliphatic carbocycles. The largest absolute Gasteiger partial charge is 0.491 e. The second-order valence-electron chi connectivity index (χ2n) is 4.68. The van der Waals surface area contributed by atoms with E-state index >= 15 is 0 Å². The van der Waals surface area contributed by atoms with Crippen molar-refractivity contribution >= 4 is 0 Å². The smallest absolute Gasteiger partial charge is 0.132 e. The summed E-state index contributed by atoms with van der Waals surface area (Å²) in [5.74, 6) is 0.489. The van der Waals surface area contributed by atoms with Crippen LogP contribution in [0.2, 0.25) is 0 Å². The van der Waals surface area contributed by atoms with Crippen molar-refractivity contribution in [1.29, 1.82) is 0 Å². The fourth-order valence-electron chi connectivity index (χ4n) is 1.47. The number of aliphatic hydroxyl groups excluding tert-OH is 1. The number of hydrogen-bond donors (Lipinski definition) is 1. The van der Waals surface area contributed by atoms with Gasteiger partial charge in [0.05, 0.1) is 12.7 Å². The highest BCUT2D eigenvalue weighted by molar-refractivity contribution is 5.29. The molecule has 0 heterocycles. The summed E-state index contributed by atoms with van der Waals surface area (Å²) in [4.78, 5) is 0. The van der Waals surface area contributed by atoms with Gasteiger partial charge < -0.3 is 14.6 Å². The highest BCUT2D eigenvalue weighted by Gasteiger charge is 2.08. The number of ether oxygens (including phenoxy) is 2. The van der Waals surface area contributed by atoms with E-state index < -0.39 is 11.9 Å². The van der Waals surface area contributed by atoms with Gasteiger partial charge in [0.1, 0.15) is 18.2 Å². The van der Waals surface area contributed by atoms with E-state index in [0.717, 1.165) is 0 Å². The van der Waals surface area contributed by atoms with Crippen LogP contribution in [0.15, 0.2) is 18.2 Å². The van der Waals surface area contributed by atoms with Crippen LogP contribution in [-0.4, -0.2) is 24.9 Å². The average Bonchev–Trinajstić information content (AvgIpc) is 2.27. The lowest BCUT2D eigenvalue weighted by atomic mass is 10.1. The second-order valence-corrected chi connectivity index (χ2v) is 4.68. The highest BCUT2D eigenvalue weighted by atomic mass is 19.1. The quantitative estimate of drug-likeness (QED) is 0.762. The topological polar surface area (TPSA) is 38.7 Å². The SMILES string of the molecule is CC(C)COCCOc1ccc([C@H](C)O)c(F)c1. The van der Waals surface area contributed by atoms with Crippen LogP contribution in [0.5, 0.6) is 5.75 Å². The molecule has 4 heteroatoms. The maximum absolute atomic E-state index is 13.5. The molecular formula is C14H21FO3. The van der Waals surface area contributed by atoms with Crippen LogP contribution >= 0.6 is 0 Å². The molecule has 18 heavy (non-hydrogen) atoms. The molecule has 0 radical (unpaired) electrons. The lowest BCUT2D eigenvalue weighted by Crippen LogP contribution is -2.10. The Morgan fingerprint density at radius 3 is 2.50 bits per heavy atom. The van der Waals surface area contributed by atoms with Gasteiger partial charge in [0.2, 0.25) is 0 Å². The molecule has 1 aromatic rings. The van der Waals surface area contributed by atoms with E-state index in [1.807, 2.05) is 0 Å². The lowest BCUT2D eigenvalue weighted by molar-refractivity contribution is 0.0817. The molecule has 1 atom stereocenters. The van der Waals surface area contributed by atoms with E-state index in [2.05, 4.69) is 13.8 Å². The molecule has 102 valence electrons. The van der Waals surface area contributed by atoms with Crippen molar-refractivity contribution in [2.75, 3.05) is 19.8 Å². The zero-order chi connectivity index (χ0) is 13.5. The van der Waals surface area contributed by atoms with Crippen molar-refractivity contribution in [2.45, 2.75) is 26.9 Å². The first-order valence-electron chi connectivity index (χ1n) is 6.18. The van der Waals surface area contributed by atoms with Gasteiger partial charge in [-0.2, -0.15) is 0 Å². The molecule has 0 bridgehead atoms. The minimum Gasteiger partial charge on any atom is -0.491 e. The zero-order valence-electron chi connectivity index (χ0n) is 11.1. The first kappa shape index (κ1) is 14.9. The Bertz CT molecular complexity index is 364. The fraction of sp³-hybridized carbons (Fsp3) is 0.571. The third-order valence-corrected chi connectivity index (χ3v) is 2.37. The van der Waals surface area contributed by atoms with Crippen molar-refractivity contribution in [2.24, 2.45) is 5.92 Å². The summed E-state index contributed by atoms with van der Waals surface area (Å²) in [6, 6.07) is 4.46. The second kappa shape index (κ2) is 7.34. The number of rotatable bonds is 7. The Morgan fingerprint density at radius 2 is 1.94 bits per heavy atom. The highest BCUT2D eigenvalue weighted by Crippen LogP contribution is 2.21. The van der Waals surface area contributed by atoms with E-state index in [-0.39, 0.29) is 5.56 Å². The summed E-state index contributed by atoms with van der Waals surface area (Å²) in [5.41, 5.74) is 0.276. The predicted octanol–water partition coefficient (Wildman–Crippen LogP) is 2.93. The molecule has 0 saturated carbocycles. The van der Waals surface area contributed by atoms with Gasteiger partial charge in [-0.25, -0.2) is 4.39 Å². The van der Waals surface area contributed by atoms with Gasteiger partial charge in [-0.05, 0) is 25.0 Å². The lowest BCUT2D eigenvalue weighted by Gasteiger charge is -2.11. The monoisotopic (exact) mass is 256 g/mol. The molecule has 0 aliphatic heterocycles. The molecule has 0 spiro atoms. The van der Waals surface area contributed by atoms with Crippen LogP contribution in [0.3, 0.4) is 0 Å². The van der Waals surface area contributed by atoms with E-state index in [9.17, 15) is 9.50 Å². The van der Waals surface area contributed by atoms with Crippen molar-refractivity contribution in [3.63, 3.8) is 0 Å². The number of benzene rings is 1. The maximum atomic E-state index is 13.5.